The molecule has 1 heterocycles. The minimum atomic E-state index is -0.851. The maximum Gasteiger partial charge on any atom is 0.308 e. The van der Waals surface area contributed by atoms with Crippen LogP contribution in [0.3, 0.4) is 0 Å². The molecule has 6 heteroatoms. The van der Waals surface area contributed by atoms with E-state index in [9.17, 15) is 9.59 Å². The summed E-state index contributed by atoms with van der Waals surface area (Å²) in [4.78, 5) is 24.9. The topological polar surface area (TPSA) is 66.8 Å². The van der Waals surface area contributed by atoms with Crippen LogP contribution < -0.4 is 4.74 Å². The Morgan fingerprint density at radius 2 is 2.24 bits per heavy atom. The molecule has 0 aliphatic carbocycles. The highest BCUT2D eigenvalue weighted by Gasteiger charge is 2.30. The second kappa shape index (κ2) is 6.80. The predicted molar refractivity (Wildman–Crippen MR) is 78.5 cm³/mol. The molecule has 5 nitrogen and oxygen atoms in total. The molecule has 21 heavy (non-hydrogen) atoms. The van der Waals surface area contributed by atoms with Gasteiger partial charge in [-0.1, -0.05) is 17.7 Å². The zero-order valence-corrected chi connectivity index (χ0v) is 12.5. The van der Waals surface area contributed by atoms with Gasteiger partial charge in [0.05, 0.1) is 5.92 Å². The smallest absolute Gasteiger partial charge is 0.308 e. The highest BCUT2D eigenvalue weighted by atomic mass is 35.5. The Hall–Kier alpha value is -1.75. The van der Waals surface area contributed by atoms with Crippen molar-refractivity contribution in [3.8, 4) is 5.75 Å². The van der Waals surface area contributed by atoms with Gasteiger partial charge in [-0.15, -0.1) is 0 Å². The number of carbonyl (C=O) groups is 2. The average Bonchev–Trinajstić information content (AvgIpc) is 2.46. The largest absolute Gasteiger partial charge is 0.481 e. The van der Waals surface area contributed by atoms with Crippen LogP contribution in [-0.4, -0.2) is 41.1 Å². The number of hydrogen-bond donors (Lipinski definition) is 1. The number of carbonyl (C=O) groups excluding carboxylic acids is 1. The molecular weight excluding hydrogens is 294 g/mol. The summed E-state index contributed by atoms with van der Waals surface area (Å²) in [7, 11) is 0. The number of piperidine rings is 1. The first-order valence-corrected chi connectivity index (χ1v) is 7.29. The van der Waals surface area contributed by atoms with Crippen LogP contribution >= 0.6 is 11.6 Å². The summed E-state index contributed by atoms with van der Waals surface area (Å²) in [5.74, 6) is -1.01. The number of carboxylic acid groups (broad SMARTS) is 1. The van der Waals surface area contributed by atoms with Crippen LogP contribution in [0.25, 0.3) is 0 Å². The molecule has 0 unspecified atom stereocenters. The van der Waals surface area contributed by atoms with E-state index in [-0.39, 0.29) is 12.5 Å². The SMILES string of the molecule is C[C@@H](Oc1cccc(Cl)c1)C(=O)N1CCC[C@H](C(=O)O)C1. The summed E-state index contributed by atoms with van der Waals surface area (Å²) in [6.07, 6.45) is 0.644. The molecule has 0 bridgehead atoms. The van der Waals surface area contributed by atoms with Crippen molar-refractivity contribution >= 4 is 23.5 Å². The average molecular weight is 312 g/mol. The third kappa shape index (κ3) is 4.11. The van der Waals surface area contributed by atoms with E-state index in [1.54, 1.807) is 36.1 Å². The van der Waals surface area contributed by atoms with Gasteiger partial charge in [-0.3, -0.25) is 9.59 Å². The fourth-order valence-electron chi connectivity index (χ4n) is 2.43. The number of halogens is 1. The molecule has 1 aromatic rings. The number of ether oxygens (including phenoxy) is 1. The van der Waals surface area contributed by atoms with E-state index in [0.717, 1.165) is 0 Å². The van der Waals surface area contributed by atoms with Gasteiger partial charge in [-0.25, -0.2) is 0 Å². The summed E-state index contributed by atoms with van der Waals surface area (Å²) in [5, 5.41) is 9.60. The number of amides is 1. The quantitative estimate of drug-likeness (QED) is 0.927. The molecule has 1 aliphatic heterocycles. The highest BCUT2D eigenvalue weighted by molar-refractivity contribution is 6.30. The van der Waals surface area contributed by atoms with E-state index < -0.39 is 18.0 Å². The minimum Gasteiger partial charge on any atom is -0.481 e. The van der Waals surface area contributed by atoms with Crippen molar-refractivity contribution < 1.29 is 19.4 Å². The molecule has 2 rings (SSSR count). The van der Waals surface area contributed by atoms with Gasteiger partial charge in [0.2, 0.25) is 0 Å². The van der Waals surface area contributed by atoms with E-state index in [4.69, 9.17) is 21.4 Å². The Bertz CT molecular complexity index is 534. The van der Waals surface area contributed by atoms with E-state index in [0.29, 0.717) is 30.2 Å². The molecular formula is C15H18ClNO4. The van der Waals surface area contributed by atoms with Crippen LogP contribution in [0.5, 0.6) is 5.75 Å². The van der Waals surface area contributed by atoms with Crippen molar-refractivity contribution in [2.75, 3.05) is 13.1 Å². The molecule has 0 saturated carbocycles. The normalized spacial score (nSPS) is 19.9. The molecule has 2 atom stereocenters. The Balaban J connectivity index is 1.97. The predicted octanol–water partition coefficient (Wildman–Crippen LogP) is 2.43. The molecule has 0 aromatic heterocycles. The summed E-state index contributed by atoms with van der Waals surface area (Å²) >= 11 is 5.87. The Morgan fingerprint density at radius 3 is 2.90 bits per heavy atom. The van der Waals surface area contributed by atoms with Gasteiger partial charge >= 0.3 is 5.97 Å². The second-order valence-electron chi connectivity index (χ2n) is 5.18. The molecule has 1 N–H and O–H groups in total. The summed E-state index contributed by atoms with van der Waals surface area (Å²) in [6.45, 7) is 2.48. The van der Waals surface area contributed by atoms with Gasteiger partial charge in [0, 0.05) is 18.1 Å². The molecule has 114 valence electrons. The fraction of sp³-hybridized carbons (Fsp3) is 0.467. The molecule has 1 aliphatic rings. The monoisotopic (exact) mass is 311 g/mol. The Labute approximate surface area is 128 Å². The molecule has 0 spiro atoms. The van der Waals surface area contributed by atoms with Gasteiger partial charge in [0.1, 0.15) is 5.75 Å². The maximum atomic E-state index is 12.3. The van der Waals surface area contributed by atoms with Crippen molar-refractivity contribution in [1.29, 1.82) is 0 Å². The number of likely N-dealkylation sites (tertiary alicyclic amines) is 1. The molecule has 1 fully saturated rings. The van der Waals surface area contributed by atoms with Crippen molar-refractivity contribution in [1.82, 2.24) is 4.90 Å². The standard InChI is InChI=1S/C15H18ClNO4/c1-10(21-13-6-2-5-12(16)8-13)14(18)17-7-3-4-11(9-17)15(19)20/h2,5-6,8,10-11H,3-4,7,9H2,1H3,(H,19,20)/t10-,11+/m1/s1. The van der Waals surface area contributed by atoms with E-state index >= 15 is 0 Å². The minimum absolute atomic E-state index is 0.194. The van der Waals surface area contributed by atoms with Crippen LogP contribution in [0.1, 0.15) is 19.8 Å². The first-order valence-electron chi connectivity index (χ1n) is 6.91. The van der Waals surface area contributed by atoms with Crippen LogP contribution in [-0.2, 0) is 9.59 Å². The van der Waals surface area contributed by atoms with Crippen LogP contribution in [0, 0.1) is 5.92 Å². The Morgan fingerprint density at radius 1 is 1.48 bits per heavy atom. The first-order chi connectivity index (χ1) is 9.97. The fourth-order valence-corrected chi connectivity index (χ4v) is 2.61. The van der Waals surface area contributed by atoms with Crippen molar-refractivity contribution in [3.63, 3.8) is 0 Å². The number of rotatable bonds is 4. The Kier molecular flexibility index (Phi) is 5.07. The lowest BCUT2D eigenvalue weighted by molar-refractivity contribution is -0.147. The van der Waals surface area contributed by atoms with Crippen LogP contribution in [0.15, 0.2) is 24.3 Å². The molecule has 1 aromatic carbocycles. The van der Waals surface area contributed by atoms with Gasteiger partial charge in [-0.2, -0.15) is 0 Å². The van der Waals surface area contributed by atoms with Crippen molar-refractivity contribution in [3.05, 3.63) is 29.3 Å². The molecule has 1 amide bonds. The van der Waals surface area contributed by atoms with Crippen LogP contribution in [0.4, 0.5) is 0 Å². The summed E-state index contributed by atoms with van der Waals surface area (Å²) in [5.41, 5.74) is 0. The lowest BCUT2D eigenvalue weighted by Crippen LogP contribution is -2.47. The van der Waals surface area contributed by atoms with Crippen molar-refractivity contribution in [2.24, 2.45) is 5.92 Å². The summed E-state index contributed by atoms with van der Waals surface area (Å²) < 4.78 is 5.58. The maximum absolute atomic E-state index is 12.3. The van der Waals surface area contributed by atoms with Crippen molar-refractivity contribution in [2.45, 2.75) is 25.9 Å². The first kappa shape index (κ1) is 15.6. The van der Waals surface area contributed by atoms with Gasteiger partial charge in [0.25, 0.3) is 5.91 Å². The van der Waals surface area contributed by atoms with Gasteiger partial charge in [-0.05, 0) is 38.0 Å². The zero-order chi connectivity index (χ0) is 15.4. The van der Waals surface area contributed by atoms with E-state index in [1.165, 1.54) is 0 Å². The van der Waals surface area contributed by atoms with Gasteiger partial charge in [0.15, 0.2) is 6.10 Å². The summed E-state index contributed by atoms with van der Waals surface area (Å²) in [6, 6.07) is 6.84. The number of hydrogen-bond acceptors (Lipinski definition) is 3. The lowest BCUT2D eigenvalue weighted by atomic mass is 9.98. The number of nitrogens with zero attached hydrogens (tertiary/aromatic N) is 1. The van der Waals surface area contributed by atoms with E-state index in [1.807, 2.05) is 0 Å². The number of carboxylic acids is 1. The highest BCUT2D eigenvalue weighted by Crippen LogP contribution is 2.21. The third-order valence-corrected chi connectivity index (χ3v) is 3.77. The number of aliphatic carboxylic acids is 1. The molecule has 1 saturated heterocycles. The van der Waals surface area contributed by atoms with E-state index in [2.05, 4.69) is 0 Å². The lowest BCUT2D eigenvalue weighted by Gasteiger charge is -2.32. The number of benzene rings is 1. The van der Waals surface area contributed by atoms with Crippen LogP contribution in [0.2, 0.25) is 5.02 Å². The second-order valence-corrected chi connectivity index (χ2v) is 5.62. The third-order valence-electron chi connectivity index (χ3n) is 3.54. The molecule has 0 radical (unpaired) electrons. The zero-order valence-electron chi connectivity index (χ0n) is 11.8. The van der Waals surface area contributed by atoms with Gasteiger partial charge < -0.3 is 14.7 Å².